The van der Waals surface area contributed by atoms with Crippen LogP contribution in [-0.2, 0) is 4.79 Å². The highest BCUT2D eigenvalue weighted by Crippen LogP contribution is 2.17. The molecule has 3 rings (SSSR count). The van der Waals surface area contributed by atoms with Gasteiger partial charge in [0.25, 0.3) is 0 Å². The summed E-state index contributed by atoms with van der Waals surface area (Å²) >= 11 is 0. The normalized spacial score (nSPS) is 24.1. The summed E-state index contributed by atoms with van der Waals surface area (Å²) in [5.41, 5.74) is 1.31. The Hall–Kier alpha value is -1.59. The summed E-state index contributed by atoms with van der Waals surface area (Å²) in [4.78, 5) is 19.6. The molecule has 0 unspecified atom stereocenters. The number of carbonyl (C=O) groups excluding carboxylic acids is 1. The molecule has 5 nitrogen and oxygen atoms in total. The smallest absolute Gasteiger partial charge is 0.237 e. The Balaban J connectivity index is 1.41. The Kier molecular flexibility index (Phi) is 6.32. The second-order valence-electron chi connectivity index (χ2n) is 7.53. The maximum Gasteiger partial charge on any atom is 0.237 e. The Morgan fingerprint density at radius 2 is 1.84 bits per heavy atom. The van der Waals surface area contributed by atoms with E-state index in [-0.39, 0.29) is 18.0 Å². The van der Waals surface area contributed by atoms with Crippen molar-refractivity contribution in [1.29, 1.82) is 0 Å². The van der Waals surface area contributed by atoms with Gasteiger partial charge in [0, 0.05) is 44.5 Å². The van der Waals surface area contributed by atoms with Gasteiger partial charge in [0.05, 0.1) is 6.04 Å². The zero-order chi connectivity index (χ0) is 17.6. The van der Waals surface area contributed by atoms with Crippen LogP contribution in [0.4, 0.5) is 5.69 Å². The number of hydrogen-bond donors (Lipinski definition) is 1. The average Bonchev–Trinajstić information content (AvgIpc) is 2.63. The van der Waals surface area contributed by atoms with Gasteiger partial charge >= 0.3 is 0 Å². The molecule has 0 bridgehead atoms. The van der Waals surface area contributed by atoms with Crippen LogP contribution in [0.2, 0.25) is 0 Å². The van der Waals surface area contributed by atoms with Crippen molar-refractivity contribution in [2.75, 3.05) is 51.2 Å². The van der Waals surface area contributed by atoms with Gasteiger partial charge < -0.3 is 10.2 Å². The van der Waals surface area contributed by atoms with Crippen LogP contribution in [0, 0.1) is 0 Å². The highest BCUT2D eigenvalue weighted by atomic mass is 16.2. The fraction of sp³-hybridized carbons (Fsp3) is 0.650. The first kappa shape index (κ1) is 18.2. The quantitative estimate of drug-likeness (QED) is 0.884. The second-order valence-corrected chi connectivity index (χ2v) is 7.53. The Morgan fingerprint density at radius 1 is 1.12 bits per heavy atom. The largest absolute Gasteiger partial charge is 0.369 e. The van der Waals surface area contributed by atoms with E-state index in [4.69, 9.17) is 0 Å². The first-order valence-electron chi connectivity index (χ1n) is 9.66. The van der Waals surface area contributed by atoms with Crippen LogP contribution in [0.25, 0.3) is 0 Å². The van der Waals surface area contributed by atoms with Gasteiger partial charge in [-0.15, -0.1) is 0 Å². The molecular formula is C20H32N4O. The predicted octanol–water partition coefficient (Wildman–Crippen LogP) is 1.80. The number of carbonyl (C=O) groups is 1. The van der Waals surface area contributed by atoms with Crippen LogP contribution >= 0.6 is 0 Å². The lowest BCUT2D eigenvalue weighted by atomic mass is 10.0. The van der Waals surface area contributed by atoms with Gasteiger partial charge in [-0.3, -0.25) is 14.6 Å². The molecule has 1 aromatic rings. The molecule has 2 saturated heterocycles. The van der Waals surface area contributed by atoms with E-state index in [2.05, 4.69) is 64.3 Å². The fourth-order valence-corrected chi connectivity index (χ4v) is 4.01. The number of para-hydroxylation sites is 1. The monoisotopic (exact) mass is 344 g/mol. The van der Waals surface area contributed by atoms with Crippen molar-refractivity contribution in [3.8, 4) is 0 Å². The van der Waals surface area contributed by atoms with Crippen molar-refractivity contribution in [1.82, 2.24) is 15.1 Å². The average molecular weight is 345 g/mol. The molecule has 25 heavy (non-hydrogen) atoms. The molecule has 0 saturated carbocycles. The zero-order valence-electron chi connectivity index (χ0n) is 15.7. The molecule has 0 spiro atoms. The van der Waals surface area contributed by atoms with Crippen LogP contribution in [0.3, 0.4) is 0 Å². The van der Waals surface area contributed by atoms with Gasteiger partial charge in [0.2, 0.25) is 5.91 Å². The molecule has 1 N–H and O–H groups in total. The van der Waals surface area contributed by atoms with Crippen LogP contribution in [0.15, 0.2) is 30.3 Å². The summed E-state index contributed by atoms with van der Waals surface area (Å²) in [5.74, 6) is 0.206. The molecule has 2 heterocycles. The second kappa shape index (κ2) is 8.68. The molecule has 2 atom stereocenters. The minimum absolute atomic E-state index is 0.0612. The maximum absolute atomic E-state index is 12.5. The Morgan fingerprint density at radius 3 is 2.52 bits per heavy atom. The van der Waals surface area contributed by atoms with E-state index in [0.29, 0.717) is 0 Å². The Labute approximate surface area is 152 Å². The molecule has 1 aromatic carbocycles. The number of likely N-dealkylation sites (tertiary alicyclic amines) is 1. The van der Waals surface area contributed by atoms with Crippen LogP contribution in [0.5, 0.6) is 0 Å². The summed E-state index contributed by atoms with van der Waals surface area (Å²) in [6.07, 6.45) is 3.37. The van der Waals surface area contributed by atoms with Crippen molar-refractivity contribution < 1.29 is 4.79 Å². The van der Waals surface area contributed by atoms with Crippen LogP contribution < -0.4 is 10.2 Å². The first-order chi connectivity index (χ1) is 12.1. The number of likely N-dealkylation sites (N-methyl/N-ethyl adjacent to an activating group) is 1. The van der Waals surface area contributed by atoms with Crippen molar-refractivity contribution in [2.24, 2.45) is 0 Å². The minimum Gasteiger partial charge on any atom is -0.369 e. The maximum atomic E-state index is 12.5. The third kappa shape index (κ3) is 4.95. The van der Waals surface area contributed by atoms with Gasteiger partial charge in [-0.2, -0.15) is 0 Å². The van der Waals surface area contributed by atoms with E-state index in [1.807, 2.05) is 0 Å². The Bertz CT molecular complexity index is 542. The lowest BCUT2D eigenvalue weighted by Gasteiger charge is -2.38. The molecule has 138 valence electrons. The lowest BCUT2D eigenvalue weighted by molar-refractivity contribution is -0.127. The van der Waals surface area contributed by atoms with Crippen molar-refractivity contribution in [2.45, 2.75) is 38.3 Å². The lowest BCUT2D eigenvalue weighted by Crippen LogP contribution is -2.54. The van der Waals surface area contributed by atoms with Crippen LogP contribution in [-0.4, -0.2) is 74.1 Å². The summed E-state index contributed by atoms with van der Waals surface area (Å²) in [5, 5.41) is 3.23. The van der Waals surface area contributed by atoms with E-state index < -0.39 is 0 Å². The van der Waals surface area contributed by atoms with Gasteiger partial charge in [-0.1, -0.05) is 24.6 Å². The van der Waals surface area contributed by atoms with Gasteiger partial charge in [-0.25, -0.2) is 0 Å². The third-order valence-electron chi connectivity index (χ3n) is 5.49. The summed E-state index contributed by atoms with van der Waals surface area (Å²) in [6.45, 7) is 8.31. The highest BCUT2D eigenvalue weighted by molar-refractivity contribution is 5.82. The number of anilines is 1. The SMILES string of the molecule is C[C@H](CN1CCN(c2ccccc2)CC1)NC(=O)[C@@H]1CCCCN1C. The third-order valence-corrected chi connectivity index (χ3v) is 5.49. The van der Waals surface area contributed by atoms with E-state index in [9.17, 15) is 4.79 Å². The molecular weight excluding hydrogens is 312 g/mol. The standard InChI is InChI=1S/C20H32N4O/c1-17(21-20(25)19-10-6-7-11-22(19)2)16-23-12-14-24(15-13-23)18-8-4-3-5-9-18/h3-5,8-9,17,19H,6-7,10-16H2,1-2H3,(H,21,25)/t17-,19+/m1/s1. The van der Waals surface area contributed by atoms with E-state index >= 15 is 0 Å². The van der Waals surface area contributed by atoms with Gasteiger partial charge in [-0.05, 0) is 45.5 Å². The number of benzene rings is 1. The first-order valence-corrected chi connectivity index (χ1v) is 9.66. The van der Waals surface area contributed by atoms with Crippen molar-refractivity contribution in [3.05, 3.63) is 30.3 Å². The van der Waals surface area contributed by atoms with E-state index in [1.54, 1.807) is 0 Å². The molecule has 5 heteroatoms. The molecule has 2 fully saturated rings. The van der Waals surface area contributed by atoms with E-state index in [0.717, 1.165) is 52.1 Å². The van der Waals surface area contributed by atoms with E-state index in [1.165, 1.54) is 12.1 Å². The number of piperidine rings is 1. The van der Waals surface area contributed by atoms with Gasteiger partial charge in [0.1, 0.15) is 0 Å². The number of nitrogens with one attached hydrogen (secondary N) is 1. The predicted molar refractivity (Wildman–Crippen MR) is 103 cm³/mol. The summed E-state index contributed by atoms with van der Waals surface area (Å²) < 4.78 is 0. The fourth-order valence-electron chi connectivity index (χ4n) is 4.01. The molecule has 0 radical (unpaired) electrons. The van der Waals surface area contributed by atoms with Crippen molar-refractivity contribution in [3.63, 3.8) is 0 Å². The minimum atomic E-state index is 0.0612. The number of nitrogens with zero attached hydrogens (tertiary/aromatic N) is 3. The number of amides is 1. The molecule has 0 aliphatic carbocycles. The summed E-state index contributed by atoms with van der Waals surface area (Å²) in [7, 11) is 2.07. The molecule has 1 amide bonds. The number of hydrogen-bond acceptors (Lipinski definition) is 4. The van der Waals surface area contributed by atoms with Crippen molar-refractivity contribution >= 4 is 11.6 Å². The zero-order valence-corrected chi connectivity index (χ0v) is 15.7. The molecule has 0 aromatic heterocycles. The topological polar surface area (TPSA) is 38.8 Å². The molecule has 2 aliphatic rings. The summed E-state index contributed by atoms with van der Waals surface area (Å²) in [6, 6.07) is 10.9. The highest BCUT2D eigenvalue weighted by Gasteiger charge is 2.27. The molecule has 2 aliphatic heterocycles. The van der Waals surface area contributed by atoms with Gasteiger partial charge in [0.15, 0.2) is 0 Å². The number of piperazine rings is 1. The van der Waals surface area contributed by atoms with Crippen LogP contribution in [0.1, 0.15) is 26.2 Å². The number of rotatable bonds is 5.